The van der Waals surface area contributed by atoms with E-state index >= 15 is 0 Å². The Balaban J connectivity index is 1.67. The highest BCUT2D eigenvalue weighted by Gasteiger charge is 2.20. The zero-order chi connectivity index (χ0) is 18.7. The summed E-state index contributed by atoms with van der Waals surface area (Å²) in [6, 6.07) is 17.2. The summed E-state index contributed by atoms with van der Waals surface area (Å²) in [5, 5.41) is 3.16. The Morgan fingerprint density at radius 1 is 0.929 bits per heavy atom. The van der Waals surface area contributed by atoms with E-state index in [0.29, 0.717) is 11.5 Å². The predicted octanol–water partition coefficient (Wildman–Crippen LogP) is 5.71. The molecular formula is C24H15NO3. The molecule has 4 nitrogen and oxygen atoms in total. The molecule has 0 saturated carbocycles. The minimum absolute atomic E-state index is 0.367. The van der Waals surface area contributed by atoms with Crippen LogP contribution >= 0.6 is 0 Å². The van der Waals surface area contributed by atoms with Gasteiger partial charge < -0.3 is 8.83 Å². The molecule has 6 rings (SSSR count). The van der Waals surface area contributed by atoms with Gasteiger partial charge in [0.05, 0.1) is 0 Å². The van der Waals surface area contributed by atoms with Crippen molar-refractivity contribution in [3.63, 3.8) is 0 Å². The maximum absolute atomic E-state index is 11.6. The Kier molecular flexibility index (Phi) is 3.12. The topological polar surface area (TPSA) is 56.2 Å². The second-order valence-electron chi connectivity index (χ2n) is 7.08. The van der Waals surface area contributed by atoms with Crippen molar-refractivity contribution in [1.29, 1.82) is 0 Å². The Morgan fingerprint density at radius 3 is 2.71 bits per heavy atom. The lowest BCUT2D eigenvalue weighted by molar-refractivity contribution is 0.560. The molecule has 0 amide bonds. The third-order valence-electron chi connectivity index (χ3n) is 5.41. The number of benzene rings is 3. The highest BCUT2D eigenvalue weighted by Crippen LogP contribution is 2.38. The van der Waals surface area contributed by atoms with Crippen LogP contribution in [0.15, 0.2) is 74.3 Å². The average Bonchev–Trinajstić information content (AvgIpc) is 3.19. The number of oxazole rings is 1. The van der Waals surface area contributed by atoms with Gasteiger partial charge in [0.15, 0.2) is 5.58 Å². The van der Waals surface area contributed by atoms with Gasteiger partial charge in [0.2, 0.25) is 5.89 Å². The van der Waals surface area contributed by atoms with Crippen LogP contribution in [0.5, 0.6) is 0 Å². The molecule has 0 spiro atoms. The summed E-state index contributed by atoms with van der Waals surface area (Å²) < 4.78 is 11.6. The smallest absolute Gasteiger partial charge is 0.336 e. The summed E-state index contributed by atoms with van der Waals surface area (Å²) in [5.74, 6) is 0.538. The first-order valence-electron chi connectivity index (χ1n) is 9.33. The average molecular weight is 365 g/mol. The van der Waals surface area contributed by atoms with Crippen molar-refractivity contribution in [2.24, 2.45) is 0 Å². The number of aromatic nitrogens is 1. The molecule has 1 aliphatic carbocycles. The van der Waals surface area contributed by atoms with Crippen molar-refractivity contribution < 1.29 is 8.83 Å². The maximum atomic E-state index is 11.6. The van der Waals surface area contributed by atoms with Crippen LogP contribution in [0.2, 0.25) is 0 Å². The van der Waals surface area contributed by atoms with Crippen molar-refractivity contribution in [2.45, 2.75) is 12.8 Å². The van der Waals surface area contributed by atoms with Gasteiger partial charge in [0.1, 0.15) is 11.1 Å². The number of nitrogens with zero attached hydrogens (tertiary/aromatic N) is 1. The van der Waals surface area contributed by atoms with Gasteiger partial charge in [-0.15, -0.1) is 0 Å². The molecule has 0 saturated heterocycles. The summed E-state index contributed by atoms with van der Waals surface area (Å²) in [6.07, 6.45) is 6.34. The zero-order valence-corrected chi connectivity index (χ0v) is 14.9. The van der Waals surface area contributed by atoms with Crippen molar-refractivity contribution in [2.75, 3.05) is 0 Å². The molecule has 2 aromatic heterocycles. The van der Waals surface area contributed by atoms with Gasteiger partial charge in [0.25, 0.3) is 0 Å². The van der Waals surface area contributed by atoms with E-state index in [9.17, 15) is 4.79 Å². The number of hydrogen-bond donors (Lipinski definition) is 0. The van der Waals surface area contributed by atoms with Crippen molar-refractivity contribution in [1.82, 2.24) is 4.98 Å². The Morgan fingerprint density at radius 2 is 1.79 bits per heavy atom. The van der Waals surface area contributed by atoms with Crippen LogP contribution in [-0.4, -0.2) is 4.98 Å². The van der Waals surface area contributed by atoms with Crippen LogP contribution in [0.25, 0.3) is 50.4 Å². The number of allylic oxidation sites excluding steroid dienone is 1. The lowest BCUT2D eigenvalue weighted by atomic mass is 9.91. The van der Waals surface area contributed by atoms with Crippen molar-refractivity contribution in [3.05, 3.63) is 82.2 Å². The SMILES string of the molecule is O=c1ccc2ccc(-c3nc4c(o3)c3c(c5ccccc54)C=CCC3)cc2o1. The van der Waals surface area contributed by atoms with E-state index in [2.05, 4.69) is 30.4 Å². The molecule has 0 unspecified atom stereocenters. The quantitative estimate of drug-likeness (QED) is 0.357. The third kappa shape index (κ3) is 2.18. The Hall–Kier alpha value is -3.66. The summed E-state index contributed by atoms with van der Waals surface area (Å²) in [4.78, 5) is 16.4. The minimum atomic E-state index is -0.367. The summed E-state index contributed by atoms with van der Waals surface area (Å²) in [7, 11) is 0. The number of fused-ring (bicyclic) bond motifs is 7. The lowest BCUT2D eigenvalue weighted by Crippen LogP contribution is -1.96. The maximum Gasteiger partial charge on any atom is 0.336 e. The molecule has 0 atom stereocenters. The molecule has 0 fully saturated rings. The second-order valence-corrected chi connectivity index (χ2v) is 7.08. The van der Waals surface area contributed by atoms with E-state index in [1.807, 2.05) is 24.3 Å². The fourth-order valence-corrected chi connectivity index (χ4v) is 4.10. The molecule has 3 aromatic carbocycles. The van der Waals surface area contributed by atoms with E-state index in [1.54, 1.807) is 6.07 Å². The van der Waals surface area contributed by atoms with Crippen LogP contribution in [-0.2, 0) is 6.42 Å². The zero-order valence-electron chi connectivity index (χ0n) is 14.9. The molecule has 28 heavy (non-hydrogen) atoms. The summed E-state index contributed by atoms with van der Waals surface area (Å²) in [6.45, 7) is 0. The Bertz CT molecular complexity index is 1490. The van der Waals surface area contributed by atoms with Gasteiger partial charge in [0, 0.05) is 28.0 Å². The van der Waals surface area contributed by atoms with E-state index in [1.165, 1.54) is 22.6 Å². The summed E-state index contributed by atoms with van der Waals surface area (Å²) in [5.41, 5.74) is 5.12. The van der Waals surface area contributed by atoms with Crippen molar-refractivity contribution in [3.8, 4) is 11.5 Å². The molecule has 0 radical (unpaired) electrons. The molecule has 5 aromatic rings. The fraction of sp³-hybridized carbons (Fsp3) is 0.0833. The molecule has 0 bridgehead atoms. The molecule has 2 heterocycles. The first kappa shape index (κ1) is 15.4. The van der Waals surface area contributed by atoms with Crippen LogP contribution in [0.1, 0.15) is 17.5 Å². The van der Waals surface area contributed by atoms with Crippen LogP contribution in [0.4, 0.5) is 0 Å². The van der Waals surface area contributed by atoms with Crippen molar-refractivity contribution >= 4 is 38.9 Å². The molecule has 1 aliphatic rings. The van der Waals surface area contributed by atoms with E-state index < -0.39 is 0 Å². The largest absolute Gasteiger partial charge is 0.436 e. The first-order valence-corrected chi connectivity index (χ1v) is 9.33. The predicted molar refractivity (Wildman–Crippen MR) is 110 cm³/mol. The van der Waals surface area contributed by atoms with Gasteiger partial charge >= 0.3 is 5.63 Å². The highest BCUT2D eigenvalue weighted by atomic mass is 16.4. The molecular weight excluding hydrogens is 350 g/mol. The first-order chi connectivity index (χ1) is 13.8. The number of hydrogen-bond acceptors (Lipinski definition) is 4. The minimum Gasteiger partial charge on any atom is -0.436 e. The highest BCUT2D eigenvalue weighted by molar-refractivity contribution is 6.10. The lowest BCUT2D eigenvalue weighted by Gasteiger charge is -2.13. The van der Waals surface area contributed by atoms with E-state index in [4.69, 9.17) is 13.8 Å². The third-order valence-corrected chi connectivity index (χ3v) is 5.41. The second kappa shape index (κ2) is 5.67. The van der Waals surface area contributed by atoms with E-state index in [-0.39, 0.29) is 5.63 Å². The van der Waals surface area contributed by atoms with Gasteiger partial charge in [-0.1, -0.05) is 42.5 Å². The normalized spacial score (nSPS) is 13.4. The monoisotopic (exact) mass is 365 g/mol. The standard InChI is InChI=1S/C24H15NO3/c26-21-12-11-14-9-10-15(13-20(14)27-21)24-25-22-18-7-3-1-5-16(18)17-6-2-4-8-19(17)23(22)28-24/h1-3,5-7,9-13H,4,8H2. The molecule has 4 heteroatoms. The molecule has 134 valence electrons. The van der Waals surface area contributed by atoms with Crippen LogP contribution < -0.4 is 5.63 Å². The number of aryl methyl sites for hydroxylation is 1. The van der Waals surface area contributed by atoms with E-state index in [0.717, 1.165) is 40.3 Å². The van der Waals surface area contributed by atoms with Gasteiger partial charge in [-0.2, -0.15) is 0 Å². The molecule has 0 aliphatic heterocycles. The summed E-state index contributed by atoms with van der Waals surface area (Å²) >= 11 is 0. The Labute approximate surface area is 159 Å². The molecule has 0 N–H and O–H groups in total. The van der Waals surface area contributed by atoms with Gasteiger partial charge in [-0.25, -0.2) is 9.78 Å². The van der Waals surface area contributed by atoms with Gasteiger partial charge in [-0.05, 0) is 42.0 Å². The van der Waals surface area contributed by atoms with Gasteiger partial charge in [-0.3, -0.25) is 0 Å². The fourth-order valence-electron chi connectivity index (χ4n) is 4.10. The number of rotatable bonds is 1. The van der Waals surface area contributed by atoms with Crippen LogP contribution in [0, 0.1) is 0 Å². The van der Waals surface area contributed by atoms with Crippen LogP contribution in [0.3, 0.4) is 0 Å².